The Morgan fingerprint density at radius 3 is 0.730 bits per heavy atom. The van der Waals surface area contributed by atoms with Crippen LogP contribution in [0.15, 0.2) is 0 Å². The van der Waals surface area contributed by atoms with Crippen molar-refractivity contribution in [1.29, 1.82) is 0 Å². The average Bonchev–Trinajstić information content (AvgIpc) is 2.65. The maximum absolute atomic E-state index is 10.0. The van der Waals surface area contributed by atoms with E-state index >= 15 is 0 Å². The van der Waals surface area contributed by atoms with Crippen molar-refractivity contribution in [1.82, 2.24) is 0 Å². The molecule has 0 aromatic carbocycles. The van der Waals surface area contributed by atoms with Gasteiger partial charge in [0.15, 0.2) is 0 Å². The number of rotatable bonds is 15. The maximum Gasteiger partial charge on any atom is 3.00 e. The Kier molecular flexibility index (Phi) is 28.0. The molecule has 0 unspecified atom stereocenters. The second-order valence-electron chi connectivity index (χ2n) is 13.5. The smallest absolute Gasteiger partial charge is 0.550 e. The molecule has 0 atom stereocenters. The molecule has 0 rings (SSSR count). The van der Waals surface area contributed by atoms with Crippen LogP contribution in [0.3, 0.4) is 0 Å². The van der Waals surface area contributed by atoms with E-state index in [0.717, 1.165) is 57.8 Å². The van der Waals surface area contributed by atoms with Crippen LogP contribution < -0.4 is 15.3 Å². The van der Waals surface area contributed by atoms with Gasteiger partial charge < -0.3 is 29.7 Å². The SMILES string of the molecule is CC(C)(C)CCCCCC(=O)[O-].CC(C)(C)CCCCCC(=O)[O-].CC(C)(C)CCCCCC(=O)[O-].[V+3]. The number of carboxylic acids is 3. The van der Waals surface area contributed by atoms with Gasteiger partial charge >= 0.3 is 18.6 Å². The molecule has 0 fully saturated rings. The minimum Gasteiger partial charge on any atom is -0.550 e. The first-order valence-corrected chi connectivity index (χ1v) is 13.8. The molecule has 0 saturated carbocycles. The standard InChI is InChI=1S/3C10H20O2.V/c3*1-10(2,3)8-6-4-5-7-9(11)12;/h3*4-8H2,1-3H3,(H,11,12);/q;;;+3/p-3. The zero-order valence-electron chi connectivity index (χ0n) is 25.5. The summed E-state index contributed by atoms with van der Waals surface area (Å²) in [5.41, 5.74) is 1.13. The van der Waals surface area contributed by atoms with Gasteiger partial charge in [-0.05, 0) is 74.0 Å². The quantitative estimate of drug-likeness (QED) is 0.252. The van der Waals surface area contributed by atoms with Crippen LogP contribution in [-0.2, 0) is 32.9 Å². The van der Waals surface area contributed by atoms with Crippen molar-refractivity contribution in [3.8, 4) is 0 Å². The third kappa shape index (κ3) is 56.4. The number of aliphatic carboxylic acids is 3. The van der Waals surface area contributed by atoms with Crippen molar-refractivity contribution in [3.05, 3.63) is 0 Å². The third-order valence-electron chi connectivity index (χ3n) is 5.42. The summed E-state index contributed by atoms with van der Waals surface area (Å²) in [4.78, 5) is 30.1. The Morgan fingerprint density at radius 2 is 0.595 bits per heavy atom. The number of carbonyl (C=O) groups excluding carboxylic acids is 3. The van der Waals surface area contributed by atoms with Crippen molar-refractivity contribution in [2.24, 2.45) is 16.2 Å². The third-order valence-corrected chi connectivity index (χ3v) is 5.42. The molecular formula is C30H57O6V. The van der Waals surface area contributed by atoms with Crippen LogP contribution in [0.4, 0.5) is 0 Å². The van der Waals surface area contributed by atoms with Gasteiger partial charge in [0.25, 0.3) is 0 Å². The fourth-order valence-electron chi connectivity index (χ4n) is 3.30. The summed E-state index contributed by atoms with van der Waals surface area (Å²) >= 11 is 0. The van der Waals surface area contributed by atoms with Crippen molar-refractivity contribution in [3.63, 3.8) is 0 Å². The van der Waals surface area contributed by atoms with Gasteiger partial charge in [-0.2, -0.15) is 0 Å². The minimum atomic E-state index is -0.925. The van der Waals surface area contributed by atoms with Crippen LogP contribution in [0.1, 0.15) is 159 Å². The number of carbonyl (C=O) groups is 3. The summed E-state index contributed by atoms with van der Waals surface area (Å²) < 4.78 is 0. The van der Waals surface area contributed by atoms with Crippen LogP contribution in [-0.4, -0.2) is 17.9 Å². The first-order valence-electron chi connectivity index (χ1n) is 13.8. The first-order chi connectivity index (χ1) is 16.2. The fourth-order valence-corrected chi connectivity index (χ4v) is 3.30. The average molecular weight is 565 g/mol. The first kappa shape index (κ1) is 43.1. The zero-order valence-corrected chi connectivity index (χ0v) is 26.9. The van der Waals surface area contributed by atoms with Gasteiger partial charge in [0.05, 0.1) is 0 Å². The summed E-state index contributed by atoms with van der Waals surface area (Å²) in [5.74, 6) is -2.78. The van der Waals surface area contributed by atoms with Crippen molar-refractivity contribution < 1.29 is 48.3 Å². The van der Waals surface area contributed by atoms with E-state index in [9.17, 15) is 29.7 Å². The van der Waals surface area contributed by atoms with Gasteiger partial charge in [0.1, 0.15) is 0 Å². The minimum absolute atomic E-state index is 0. The summed E-state index contributed by atoms with van der Waals surface area (Å²) in [5, 5.41) is 30.1. The molecule has 7 heteroatoms. The second kappa shape index (κ2) is 24.1. The molecular weight excluding hydrogens is 507 g/mol. The topological polar surface area (TPSA) is 120 Å². The van der Waals surface area contributed by atoms with Crippen LogP contribution in [0, 0.1) is 16.2 Å². The molecule has 0 saturated heterocycles. The Hall–Kier alpha value is -1.01. The summed E-state index contributed by atoms with van der Waals surface area (Å²) in [7, 11) is 0. The maximum atomic E-state index is 10.0. The zero-order chi connectivity index (χ0) is 28.8. The van der Waals surface area contributed by atoms with E-state index in [-0.39, 0.29) is 37.8 Å². The molecule has 0 bridgehead atoms. The van der Waals surface area contributed by atoms with Gasteiger partial charge in [-0.3, -0.25) is 0 Å². The van der Waals surface area contributed by atoms with Crippen molar-refractivity contribution >= 4 is 17.9 Å². The normalized spacial score (nSPS) is 11.3. The van der Waals surface area contributed by atoms with E-state index in [1.807, 2.05) is 0 Å². The molecule has 0 amide bonds. The summed E-state index contributed by atoms with van der Waals surface area (Å²) in [6, 6.07) is 0. The molecule has 37 heavy (non-hydrogen) atoms. The Bertz CT molecular complexity index is 487. The van der Waals surface area contributed by atoms with Crippen molar-refractivity contribution in [2.75, 3.05) is 0 Å². The number of unbranched alkanes of at least 4 members (excludes halogenated alkanes) is 6. The summed E-state index contributed by atoms with van der Waals surface area (Å²) in [6.07, 6.45) is 12.8. The molecule has 218 valence electrons. The van der Waals surface area contributed by atoms with Gasteiger partial charge in [-0.15, -0.1) is 0 Å². The van der Waals surface area contributed by atoms with Crippen LogP contribution in [0.2, 0.25) is 0 Å². The molecule has 0 N–H and O–H groups in total. The summed E-state index contributed by atoms with van der Waals surface area (Å²) in [6.45, 7) is 19.8. The van der Waals surface area contributed by atoms with Gasteiger partial charge in [-0.1, -0.05) is 101 Å². The van der Waals surface area contributed by atoms with Gasteiger partial charge in [0, 0.05) is 17.9 Å². The van der Waals surface area contributed by atoms with Gasteiger partial charge in [0.2, 0.25) is 0 Å². The van der Waals surface area contributed by atoms with Crippen LogP contribution in [0.5, 0.6) is 0 Å². The molecule has 0 aromatic rings. The van der Waals surface area contributed by atoms with E-state index in [0.29, 0.717) is 16.2 Å². The van der Waals surface area contributed by atoms with E-state index < -0.39 is 17.9 Å². The second-order valence-corrected chi connectivity index (χ2v) is 13.5. The molecule has 0 heterocycles. The van der Waals surface area contributed by atoms with Crippen molar-refractivity contribution in [2.45, 2.75) is 159 Å². The number of hydrogen-bond donors (Lipinski definition) is 0. The Labute approximate surface area is 240 Å². The van der Waals surface area contributed by atoms with E-state index in [1.54, 1.807) is 0 Å². The van der Waals surface area contributed by atoms with E-state index in [2.05, 4.69) is 62.3 Å². The molecule has 0 spiro atoms. The van der Waals surface area contributed by atoms with E-state index in [1.165, 1.54) is 19.3 Å². The van der Waals surface area contributed by atoms with Crippen LogP contribution >= 0.6 is 0 Å². The molecule has 0 aliphatic carbocycles. The molecule has 0 aromatic heterocycles. The molecule has 0 radical (unpaired) electrons. The Balaban J connectivity index is -0.000000218. The monoisotopic (exact) mass is 564 g/mol. The number of carboxylic acid groups (broad SMARTS) is 3. The predicted molar refractivity (Wildman–Crippen MR) is 143 cm³/mol. The van der Waals surface area contributed by atoms with E-state index in [4.69, 9.17) is 0 Å². The van der Waals surface area contributed by atoms with Crippen LogP contribution in [0.25, 0.3) is 0 Å². The largest absolute Gasteiger partial charge is 3.00 e. The number of hydrogen-bond acceptors (Lipinski definition) is 6. The van der Waals surface area contributed by atoms with Gasteiger partial charge in [-0.25, -0.2) is 0 Å². The molecule has 6 nitrogen and oxygen atoms in total. The molecule has 0 aliphatic rings. The Morgan fingerprint density at radius 1 is 0.405 bits per heavy atom. The predicted octanol–water partition coefficient (Wildman–Crippen LogP) is 5.20. The molecule has 0 aliphatic heterocycles. The fraction of sp³-hybridized carbons (Fsp3) is 0.900.